The minimum absolute atomic E-state index is 0.0645. The molecule has 0 unspecified atom stereocenters. The van der Waals surface area contributed by atoms with Crippen LogP contribution < -0.4 is 5.32 Å². The van der Waals surface area contributed by atoms with E-state index in [1.54, 1.807) is 13.0 Å². The molecule has 0 spiro atoms. The van der Waals surface area contributed by atoms with E-state index in [1.807, 2.05) is 13.8 Å². The average Bonchev–Trinajstić information content (AvgIpc) is 2.16. The Kier molecular flexibility index (Phi) is 3.92. The predicted octanol–water partition coefficient (Wildman–Crippen LogP) is 3.24. The maximum atomic E-state index is 12.9. The fourth-order valence-electron chi connectivity index (χ4n) is 1.50. The number of carbonyl (C=O) groups is 1. The molecule has 1 aromatic rings. The van der Waals surface area contributed by atoms with Crippen LogP contribution in [0.15, 0.2) is 18.2 Å². The maximum absolute atomic E-state index is 12.9. The molecule has 4 heteroatoms. The fraction of sp³-hybridized carbons (Fsp3) is 0.417. The Hall–Kier alpha value is -1.09. The molecule has 0 aromatic heterocycles. The quantitative estimate of drug-likeness (QED) is 0.868. The SMILES string of the molecule is CCC(=O)NC(C)(C)c1ccc(F)cc1Cl. The molecule has 1 aromatic carbocycles. The minimum Gasteiger partial charge on any atom is -0.347 e. The third-order valence-corrected chi connectivity index (χ3v) is 2.69. The van der Waals surface area contributed by atoms with Crippen LogP contribution in [0.4, 0.5) is 4.39 Å². The van der Waals surface area contributed by atoms with Crippen LogP contribution in [0.5, 0.6) is 0 Å². The predicted molar refractivity (Wildman–Crippen MR) is 62.9 cm³/mol. The van der Waals surface area contributed by atoms with Gasteiger partial charge in [0.15, 0.2) is 0 Å². The molecule has 0 heterocycles. The molecule has 1 amide bonds. The molecule has 0 aliphatic heterocycles. The van der Waals surface area contributed by atoms with Crippen LogP contribution in [0, 0.1) is 5.82 Å². The van der Waals surface area contributed by atoms with Gasteiger partial charge in [-0.3, -0.25) is 4.79 Å². The highest BCUT2D eigenvalue weighted by atomic mass is 35.5. The van der Waals surface area contributed by atoms with Gasteiger partial charge in [0.1, 0.15) is 5.82 Å². The van der Waals surface area contributed by atoms with E-state index in [1.165, 1.54) is 12.1 Å². The molecule has 0 aliphatic carbocycles. The Morgan fingerprint density at radius 2 is 2.12 bits per heavy atom. The van der Waals surface area contributed by atoms with Crippen LogP contribution in [0.1, 0.15) is 32.8 Å². The summed E-state index contributed by atoms with van der Waals surface area (Å²) >= 11 is 5.95. The number of benzene rings is 1. The van der Waals surface area contributed by atoms with Gasteiger partial charge in [-0.2, -0.15) is 0 Å². The topological polar surface area (TPSA) is 29.1 Å². The van der Waals surface area contributed by atoms with Crippen molar-refractivity contribution in [3.05, 3.63) is 34.6 Å². The number of hydrogen-bond donors (Lipinski definition) is 1. The standard InChI is InChI=1S/C12H15ClFNO/c1-4-11(16)15-12(2,3)9-6-5-8(14)7-10(9)13/h5-7H,4H2,1-3H3,(H,15,16). The van der Waals surface area contributed by atoms with Crippen LogP contribution in [0.25, 0.3) is 0 Å². The molecule has 0 fully saturated rings. The van der Waals surface area contributed by atoms with E-state index in [0.717, 1.165) is 0 Å². The molecule has 16 heavy (non-hydrogen) atoms. The van der Waals surface area contributed by atoms with Gasteiger partial charge in [0.05, 0.1) is 5.54 Å². The Morgan fingerprint density at radius 1 is 1.50 bits per heavy atom. The van der Waals surface area contributed by atoms with Crippen molar-refractivity contribution in [2.45, 2.75) is 32.7 Å². The second-order valence-electron chi connectivity index (χ2n) is 4.15. The largest absolute Gasteiger partial charge is 0.347 e. The molecule has 0 bridgehead atoms. The van der Waals surface area contributed by atoms with Gasteiger partial charge in [-0.1, -0.05) is 24.6 Å². The molecule has 88 valence electrons. The zero-order chi connectivity index (χ0) is 12.3. The molecule has 0 radical (unpaired) electrons. The maximum Gasteiger partial charge on any atom is 0.220 e. The highest BCUT2D eigenvalue weighted by Crippen LogP contribution is 2.28. The van der Waals surface area contributed by atoms with Crippen LogP contribution in [-0.2, 0) is 10.3 Å². The van der Waals surface area contributed by atoms with Gasteiger partial charge in [0, 0.05) is 11.4 Å². The molecular formula is C12H15ClFNO. The molecular weight excluding hydrogens is 229 g/mol. The summed E-state index contributed by atoms with van der Waals surface area (Å²) in [4.78, 5) is 11.4. The lowest BCUT2D eigenvalue weighted by molar-refractivity contribution is -0.122. The second-order valence-corrected chi connectivity index (χ2v) is 4.56. The van der Waals surface area contributed by atoms with Crippen LogP contribution >= 0.6 is 11.6 Å². The van der Waals surface area contributed by atoms with Gasteiger partial charge in [0.2, 0.25) is 5.91 Å². The van der Waals surface area contributed by atoms with E-state index < -0.39 is 5.54 Å². The van der Waals surface area contributed by atoms with Crippen LogP contribution in [-0.4, -0.2) is 5.91 Å². The van der Waals surface area contributed by atoms with Gasteiger partial charge in [0.25, 0.3) is 0 Å². The zero-order valence-electron chi connectivity index (χ0n) is 9.60. The van der Waals surface area contributed by atoms with E-state index in [4.69, 9.17) is 11.6 Å². The normalized spacial score (nSPS) is 11.3. The van der Waals surface area contributed by atoms with Crippen molar-refractivity contribution in [1.29, 1.82) is 0 Å². The minimum atomic E-state index is -0.599. The van der Waals surface area contributed by atoms with Crippen molar-refractivity contribution in [1.82, 2.24) is 5.32 Å². The Bertz CT molecular complexity index is 404. The molecule has 0 saturated carbocycles. The van der Waals surface area contributed by atoms with Crippen molar-refractivity contribution in [3.8, 4) is 0 Å². The van der Waals surface area contributed by atoms with Crippen molar-refractivity contribution >= 4 is 17.5 Å². The van der Waals surface area contributed by atoms with E-state index in [2.05, 4.69) is 5.32 Å². The second kappa shape index (κ2) is 4.83. The number of halogens is 2. The van der Waals surface area contributed by atoms with E-state index in [9.17, 15) is 9.18 Å². The third kappa shape index (κ3) is 2.95. The molecule has 0 atom stereocenters. The number of hydrogen-bond acceptors (Lipinski definition) is 1. The molecule has 1 rings (SSSR count). The molecule has 0 saturated heterocycles. The van der Waals surface area contributed by atoms with Crippen molar-refractivity contribution in [2.75, 3.05) is 0 Å². The summed E-state index contributed by atoms with van der Waals surface area (Å²) in [6.07, 6.45) is 0.405. The Balaban J connectivity index is 3.02. The van der Waals surface area contributed by atoms with Gasteiger partial charge < -0.3 is 5.32 Å². The summed E-state index contributed by atoms with van der Waals surface area (Å²) in [5, 5.41) is 3.16. The summed E-state index contributed by atoms with van der Waals surface area (Å²) in [6.45, 7) is 5.44. The lowest BCUT2D eigenvalue weighted by Gasteiger charge is -2.27. The Labute approximate surface area is 99.8 Å². The molecule has 1 N–H and O–H groups in total. The highest BCUT2D eigenvalue weighted by Gasteiger charge is 2.24. The molecule has 0 aliphatic rings. The first-order chi connectivity index (χ1) is 7.36. The van der Waals surface area contributed by atoms with Gasteiger partial charge in [-0.25, -0.2) is 4.39 Å². The van der Waals surface area contributed by atoms with Gasteiger partial charge in [-0.05, 0) is 31.5 Å². The van der Waals surface area contributed by atoms with E-state index >= 15 is 0 Å². The lowest BCUT2D eigenvalue weighted by Crippen LogP contribution is -2.40. The average molecular weight is 244 g/mol. The molecule has 2 nitrogen and oxygen atoms in total. The number of rotatable bonds is 3. The Morgan fingerprint density at radius 3 is 2.62 bits per heavy atom. The summed E-state index contributed by atoms with van der Waals surface area (Å²) in [5.74, 6) is -0.447. The smallest absolute Gasteiger partial charge is 0.220 e. The first-order valence-electron chi connectivity index (χ1n) is 5.13. The summed E-state index contributed by atoms with van der Waals surface area (Å²) in [6, 6.07) is 4.17. The first-order valence-corrected chi connectivity index (χ1v) is 5.51. The van der Waals surface area contributed by atoms with Gasteiger partial charge >= 0.3 is 0 Å². The van der Waals surface area contributed by atoms with Crippen molar-refractivity contribution in [3.63, 3.8) is 0 Å². The van der Waals surface area contributed by atoms with Crippen molar-refractivity contribution in [2.24, 2.45) is 0 Å². The number of nitrogens with one attached hydrogen (secondary N) is 1. The summed E-state index contributed by atoms with van der Waals surface area (Å²) in [5.41, 5.74) is 0.107. The van der Waals surface area contributed by atoms with Gasteiger partial charge in [-0.15, -0.1) is 0 Å². The monoisotopic (exact) mass is 243 g/mol. The fourth-order valence-corrected chi connectivity index (χ4v) is 1.90. The first kappa shape index (κ1) is 13.0. The summed E-state index contributed by atoms with van der Waals surface area (Å²) in [7, 11) is 0. The van der Waals surface area contributed by atoms with E-state index in [-0.39, 0.29) is 11.7 Å². The summed E-state index contributed by atoms with van der Waals surface area (Å²) < 4.78 is 12.9. The lowest BCUT2D eigenvalue weighted by atomic mass is 9.94. The third-order valence-electron chi connectivity index (χ3n) is 2.38. The van der Waals surface area contributed by atoms with E-state index in [0.29, 0.717) is 17.0 Å². The zero-order valence-corrected chi connectivity index (χ0v) is 10.4. The highest BCUT2D eigenvalue weighted by molar-refractivity contribution is 6.31. The van der Waals surface area contributed by atoms with Crippen molar-refractivity contribution < 1.29 is 9.18 Å². The van der Waals surface area contributed by atoms with Crippen LogP contribution in [0.3, 0.4) is 0 Å². The van der Waals surface area contributed by atoms with Crippen LogP contribution in [0.2, 0.25) is 5.02 Å². The number of amides is 1. The number of carbonyl (C=O) groups excluding carboxylic acids is 1.